The monoisotopic (exact) mass is 275 g/mol. The van der Waals surface area contributed by atoms with Crippen molar-refractivity contribution >= 4 is 5.91 Å². The number of amides is 1. The molecule has 0 aliphatic heterocycles. The predicted octanol–water partition coefficient (Wildman–Crippen LogP) is 4.07. The van der Waals surface area contributed by atoms with E-state index >= 15 is 0 Å². The van der Waals surface area contributed by atoms with Crippen molar-refractivity contribution < 1.29 is 4.79 Å². The number of carbonyl (C=O) groups is 1. The number of rotatable bonds is 6. The SMILES string of the molecule is Cc1ccc(C(C)(C)CNC(=O)CC(C)C(C)C)cc1. The van der Waals surface area contributed by atoms with Crippen LogP contribution in [0.4, 0.5) is 0 Å². The van der Waals surface area contributed by atoms with Crippen molar-refractivity contribution in [1.82, 2.24) is 5.32 Å². The zero-order valence-electron chi connectivity index (χ0n) is 13.8. The van der Waals surface area contributed by atoms with Gasteiger partial charge < -0.3 is 5.32 Å². The lowest BCUT2D eigenvalue weighted by atomic mass is 9.84. The highest BCUT2D eigenvalue weighted by Crippen LogP contribution is 2.23. The minimum absolute atomic E-state index is 0.0373. The Hall–Kier alpha value is -1.31. The molecule has 0 fully saturated rings. The van der Waals surface area contributed by atoms with Crippen molar-refractivity contribution in [2.45, 2.75) is 53.4 Å². The molecular formula is C18H29NO. The highest BCUT2D eigenvalue weighted by molar-refractivity contribution is 5.76. The summed E-state index contributed by atoms with van der Waals surface area (Å²) < 4.78 is 0. The van der Waals surface area contributed by atoms with Crippen molar-refractivity contribution in [2.75, 3.05) is 6.54 Å². The summed E-state index contributed by atoms with van der Waals surface area (Å²) in [6, 6.07) is 8.55. The van der Waals surface area contributed by atoms with Gasteiger partial charge in [-0.1, -0.05) is 64.4 Å². The summed E-state index contributed by atoms with van der Waals surface area (Å²) in [6.07, 6.45) is 0.613. The Labute approximate surface area is 124 Å². The average molecular weight is 275 g/mol. The molecule has 0 bridgehead atoms. The molecule has 0 spiro atoms. The Bertz CT molecular complexity index is 431. The summed E-state index contributed by atoms with van der Waals surface area (Å²) in [4.78, 5) is 12.0. The molecule has 1 unspecified atom stereocenters. The zero-order valence-corrected chi connectivity index (χ0v) is 13.8. The van der Waals surface area contributed by atoms with Gasteiger partial charge in [-0.25, -0.2) is 0 Å². The molecule has 1 atom stereocenters. The van der Waals surface area contributed by atoms with Crippen LogP contribution in [0, 0.1) is 18.8 Å². The van der Waals surface area contributed by atoms with Gasteiger partial charge in [-0.3, -0.25) is 4.79 Å². The number of hydrogen-bond donors (Lipinski definition) is 1. The summed E-state index contributed by atoms with van der Waals surface area (Å²) in [7, 11) is 0. The Morgan fingerprint density at radius 3 is 2.20 bits per heavy atom. The Morgan fingerprint density at radius 2 is 1.70 bits per heavy atom. The molecule has 0 aliphatic carbocycles. The molecule has 0 radical (unpaired) electrons. The molecule has 112 valence electrons. The lowest BCUT2D eigenvalue weighted by molar-refractivity contribution is -0.122. The lowest BCUT2D eigenvalue weighted by Gasteiger charge is -2.26. The van der Waals surface area contributed by atoms with Gasteiger partial charge in [-0.15, -0.1) is 0 Å². The molecule has 1 aromatic rings. The number of nitrogens with one attached hydrogen (secondary N) is 1. The minimum Gasteiger partial charge on any atom is -0.355 e. The maximum Gasteiger partial charge on any atom is 0.220 e. The summed E-state index contributed by atoms with van der Waals surface area (Å²) in [5, 5.41) is 3.08. The third-order valence-electron chi connectivity index (χ3n) is 4.21. The van der Waals surface area contributed by atoms with Crippen LogP contribution < -0.4 is 5.32 Å². The molecule has 0 saturated heterocycles. The van der Waals surface area contributed by atoms with Gasteiger partial charge >= 0.3 is 0 Å². The molecule has 1 rings (SSSR count). The smallest absolute Gasteiger partial charge is 0.220 e. The van der Waals surface area contributed by atoms with Crippen LogP contribution in [0.5, 0.6) is 0 Å². The molecule has 1 N–H and O–H groups in total. The van der Waals surface area contributed by atoms with E-state index in [1.807, 2.05) is 0 Å². The van der Waals surface area contributed by atoms with E-state index in [1.54, 1.807) is 0 Å². The molecule has 1 amide bonds. The molecule has 0 saturated carbocycles. The van der Waals surface area contributed by atoms with Crippen LogP contribution in [-0.2, 0) is 10.2 Å². The Morgan fingerprint density at radius 1 is 1.15 bits per heavy atom. The van der Waals surface area contributed by atoms with Crippen LogP contribution in [0.3, 0.4) is 0 Å². The Balaban J connectivity index is 2.55. The quantitative estimate of drug-likeness (QED) is 0.833. The van der Waals surface area contributed by atoms with Crippen LogP contribution in [0.15, 0.2) is 24.3 Å². The summed E-state index contributed by atoms with van der Waals surface area (Å²) in [6.45, 7) is 13.6. The molecule has 2 nitrogen and oxygen atoms in total. The van der Waals surface area contributed by atoms with E-state index in [0.717, 1.165) is 0 Å². The zero-order chi connectivity index (χ0) is 15.3. The van der Waals surface area contributed by atoms with Crippen molar-refractivity contribution in [3.63, 3.8) is 0 Å². The second-order valence-corrected chi connectivity index (χ2v) is 6.95. The maximum absolute atomic E-state index is 12.0. The highest BCUT2D eigenvalue weighted by atomic mass is 16.1. The van der Waals surface area contributed by atoms with E-state index in [1.165, 1.54) is 11.1 Å². The van der Waals surface area contributed by atoms with E-state index in [2.05, 4.69) is 71.1 Å². The fourth-order valence-corrected chi connectivity index (χ4v) is 2.03. The topological polar surface area (TPSA) is 29.1 Å². The first-order chi connectivity index (χ1) is 9.22. The highest BCUT2D eigenvalue weighted by Gasteiger charge is 2.22. The van der Waals surface area contributed by atoms with Gasteiger partial charge in [0.05, 0.1) is 0 Å². The second-order valence-electron chi connectivity index (χ2n) is 6.95. The number of hydrogen-bond acceptors (Lipinski definition) is 1. The van der Waals surface area contributed by atoms with Gasteiger partial charge in [0.25, 0.3) is 0 Å². The molecule has 20 heavy (non-hydrogen) atoms. The maximum atomic E-state index is 12.0. The van der Waals surface area contributed by atoms with E-state index in [9.17, 15) is 4.79 Å². The summed E-state index contributed by atoms with van der Waals surface area (Å²) in [5.41, 5.74) is 2.49. The number of carbonyl (C=O) groups excluding carboxylic acids is 1. The van der Waals surface area contributed by atoms with Crippen LogP contribution in [0.2, 0.25) is 0 Å². The average Bonchev–Trinajstić information content (AvgIpc) is 2.37. The van der Waals surface area contributed by atoms with Crippen LogP contribution in [0.1, 0.15) is 52.2 Å². The fraction of sp³-hybridized carbons (Fsp3) is 0.611. The Kier molecular flexibility index (Phi) is 5.79. The molecule has 0 heterocycles. The van der Waals surface area contributed by atoms with E-state index in [4.69, 9.17) is 0 Å². The van der Waals surface area contributed by atoms with E-state index in [-0.39, 0.29) is 11.3 Å². The predicted molar refractivity (Wildman–Crippen MR) is 85.8 cm³/mol. The second kappa shape index (κ2) is 6.92. The first-order valence-electron chi connectivity index (χ1n) is 7.56. The molecule has 1 aromatic carbocycles. The summed E-state index contributed by atoms with van der Waals surface area (Å²) >= 11 is 0. The van der Waals surface area contributed by atoms with Gasteiger partial charge in [0.15, 0.2) is 0 Å². The lowest BCUT2D eigenvalue weighted by Crippen LogP contribution is -2.37. The molecule has 0 aliphatic rings. The third kappa shape index (κ3) is 4.99. The van der Waals surface area contributed by atoms with Crippen LogP contribution >= 0.6 is 0 Å². The number of benzene rings is 1. The summed E-state index contributed by atoms with van der Waals surface area (Å²) in [5.74, 6) is 1.13. The third-order valence-corrected chi connectivity index (χ3v) is 4.21. The molecule has 0 aromatic heterocycles. The van der Waals surface area contributed by atoms with Gasteiger partial charge in [-0.05, 0) is 24.3 Å². The van der Waals surface area contributed by atoms with Crippen LogP contribution in [-0.4, -0.2) is 12.5 Å². The van der Waals surface area contributed by atoms with Gasteiger partial charge in [-0.2, -0.15) is 0 Å². The van der Waals surface area contributed by atoms with E-state index < -0.39 is 0 Å². The van der Waals surface area contributed by atoms with Crippen LogP contribution in [0.25, 0.3) is 0 Å². The normalized spacial score (nSPS) is 13.3. The first-order valence-corrected chi connectivity index (χ1v) is 7.56. The van der Waals surface area contributed by atoms with Gasteiger partial charge in [0.1, 0.15) is 0 Å². The van der Waals surface area contributed by atoms with E-state index in [0.29, 0.717) is 24.8 Å². The standard InChI is InChI=1S/C18H29NO/c1-13(2)15(4)11-17(20)19-12-18(5,6)16-9-7-14(3)8-10-16/h7-10,13,15H,11-12H2,1-6H3,(H,19,20). The minimum atomic E-state index is -0.0373. The van der Waals surface area contributed by atoms with Gasteiger partial charge in [0, 0.05) is 18.4 Å². The van der Waals surface area contributed by atoms with Crippen molar-refractivity contribution in [2.24, 2.45) is 11.8 Å². The van der Waals surface area contributed by atoms with Crippen molar-refractivity contribution in [3.05, 3.63) is 35.4 Å². The number of aryl methyl sites for hydroxylation is 1. The molecular weight excluding hydrogens is 246 g/mol. The first kappa shape index (κ1) is 16.7. The van der Waals surface area contributed by atoms with Gasteiger partial charge in [0.2, 0.25) is 5.91 Å². The fourth-order valence-electron chi connectivity index (χ4n) is 2.03. The van der Waals surface area contributed by atoms with Crippen molar-refractivity contribution in [1.29, 1.82) is 0 Å². The largest absolute Gasteiger partial charge is 0.355 e. The van der Waals surface area contributed by atoms with Crippen molar-refractivity contribution in [3.8, 4) is 0 Å². The molecule has 2 heteroatoms.